The summed E-state index contributed by atoms with van der Waals surface area (Å²) >= 11 is 0. The summed E-state index contributed by atoms with van der Waals surface area (Å²) in [5.41, 5.74) is -1.00. The van der Waals surface area contributed by atoms with E-state index in [1.54, 1.807) is 13.8 Å². The van der Waals surface area contributed by atoms with Crippen molar-refractivity contribution in [2.24, 2.45) is 0 Å². The molecular weight excluding hydrogens is 335 g/mol. The number of fused-ring (bicyclic) bond motifs is 1. The topological polar surface area (TPSA) is 75.3 Å². The highest BCUT2D eigenvalue weighted by Gasteiger charge is 2.32. The number of anilines is 1. The molecule has 9 heteroatoms. The van der Waals surface area contributed by atoms with E-state index in [2.05, 4.69) is 20.4 Å². The first-order valence-corrected chi connectivity index (χ1v) is 7.46. The van der Waals surface area contributed by atoms with Crippen LogP contribution >= 0.6 is 0 Å². The molecule has 1 atom stereocenters. The maximum atomic E-state index is 12.7. The van der Waals surface area contributed by atoms with Gasteiger partial charge in [-0.05, 0) is 31.5 Å². The Balaban J connectivity index is 1.97. The molecule has 0 saturated heterocycles. The van der Waals surface area contributed by atoms with Gasteiger partial charge >= 0.3 is 6.18 Å². The van der Waals surface area contributed by atoms with Crippen LogP contribution in [0, 0.1) is 0 Å². The average molecular weight is 351 g/mol. The zero-order valence-electron chi connectivity index (χ0n) is 13.5. The summed E-state index contributed by atoms with van der Waals surface area (Å²) in [5, 5.41) is 17.6. The second kappa shape index (κ2) is 5.99. The van der Waals surface area contributed by atoms with Crippen molar-refractivity contribution in [1.82, 2.24) is 19.6 Å². The summed E-state index contributed by atoms with van der Waals surface area (Å²) in [6.45, 7) is 3.13. The number of nitrogens with one attached hydrogen (secondary N) is 1. The number of hydrogen-bond acceptors (Lipinski definition) is 5. The van der Waals surface area contributed by atoms with Crippen LogP contribution in [0.5, 0.6) is 0 Å². The Labute approximate surface area is 141 Å². The summed E-state index contributed by atoms with van der Waals surface area (Å²) in [7, 11) is 0. The molecule has 3 rings (SSSR count). The number of hydrogen-bond donors (Lipinski definition) is 2. The second-order valence-corrected chi connectivity index (χ2v) is 6.17. The zero-order chi connectivity index (χ0) is 18.2. The Morgan fingerprint density at radius 1 is 1.12 bits per heavy atom. The summed E-state index contributed by atoms with van der Waals surface area (Å²) in [6.07, 6.45) is -0.0221. The zero-order valence-corrected chi connectivity index (χ0v) is 13.5. The highest BCUT2D eigenvalue weighted by molar-refractivity contribution is 5.47. The predicted octanol–water partition coefficient (Wildman–Crippen LogP) is 3.07. The van der Waals surface area contributed by atoms with Crippen molar-refractivity contribution in [2.45, 2.75) is 31.7 Å². The molecule has 0 fully saturated rings. The van der Waals surface area contributed by atoms with Gasteiger partial charge in [-0.1, -0.05) is 12.1 Å². The lowest BCUT2D eigenvalue weighted by Gasteiger charge is -2.31. The van der Waals surface area contributed by atoms with Crippen LogP contribution in [-0.4, -0.2) is 30.3 Å². The fourth-order valence-corrected chi connectivity index (χ4v) is 2.53. The quantitative estimate of drug-likeness (QED) is 0.756. The Morgan fingerprint density at radius 2 is 1.80 bits per heavy atom. The molecule has 0 aliphatic rings. The van der Waals surface area contributed by atoms with Crippen molar-refractivity contribution >= 4 is 11.5 Å². The number of nitrogens with zero attached hydrogens (tertiary/aromatic N) is 4. The third-order valence-electron chi connectivity index (χ3n) is 3.76. The van der Waals surface area contributed by atoms with Gasteiger partial charge < -0.3 is 10.4 Å². The minimum atomic E-state index is -4.41. The fourth-order valence-electron chi connectivity index (χ4n) is 2.53. The summed E-state index contributed by atoms with van der Waals surface area (Å²) in [5.74, 6) is 0.460. The smallest absolute Gasteiger partial charge is 0.388 e. The van der Waals surface area contributed by atoms with Crippen molar-refractivity contribution in [3.8, 4) is 0 Å². The van der Waals surface area contributed by atoms with Crippen molar-refractivity contribution in [2.75, 3.05) is 5.32 Å². The maximum absolute atomic E-state index is 12.7. The van der Waals surface area contributed by atoms with Crippen molar-refractivity contribution in [3.05, 3.63) is 54.1 Å². The molecule has 0 aliphatic heterocycles. The minimum Gasteiger partial charge on any atom is -0.388 e. The van der Waals surface area contributed by atoms with Gasteiger partial charge in [-0.25, -0.2) is 4.98 Å². The van der Waals surface area contributed by atoms with E-state index in [-0.39, 0.29) is 0 Å². The molecule has 3 aromatic rings. The molecular formula is C16H16F3N5O. The summed E-state index contributed by atoms with van der Waals surface area (Å²) < 4.78 is 39.7. The van der Waals surface area contributed by atoms with Gasteiger partial charge in [0.1, 0.15) is 12.1 Å². The minimum absolute atomic E-state index is 0.460. The Hall–Kier alpha value is -2.68. The molecule has 0 unspecified atom stereocenters. The van der Waals surface area contributed by atoms with Gasteiger partial charge in [-0.15, -0.1) is 0 Å². The van der Waals surface area contributed by atoms with Crippen molar-refractivity contribution < 1.29 is 18.3 Å². The molecule has 6 nitrogen and oxygen atoms in total. The van der Waals surface area contributed by atoms with Gasteiger partial charge in [0.05, 0.1) is 29.6 Å². The monoisotopic (exact) mass is 351 g/mol. The number of aliphatic hydroxyl groups is 1. The van der Waals surface area contributed by atoms with Crippen LogP contribution < -0.4 is 5.32 Å². The van der Waals surface area contributed by atoms with Crippen LogP contribution in [-0.2, 0) is 6.18 Å². The van der Waals surface area contributed by atoms with Gasteiger partial charge in [-0.3, -0.25) is 4.98 Å². The van der Waals surface area contributed by atoms with Gasteiger partial charge in [0.15, 0.2) is 5.65 Å². The first kappa shape index (κ1) is 17.2. The fraction of sp³-hybridized carbons (Fsp3) is 0.312. The standard InChI is InChI=1S/C16H16F3N5O/c1-15(2,25)14(10-3-5-11(6-4-10)16(17,18)19)23-13-8-20-7-12-21-9-22-24(12)13/h3-9,14,23,25H,1-2H3/t14-/m0/s1. The third-order valence-corrected chi connectivity index (χ3v) is 3.76. The van der Waals surface area contributed by atoms with E-state index in [9.17, 15) is 18.3 Å². The van der Waals surface area contributed by atoms with Crippen LogP contribution in [0.4, 0.5) is 19.0 Å². The summed E-state index contributed by atoms with van der Waals surface area (Å²) in [4.78, 5) is 8.07. The Bertz CT molecular complexity index is 868. The molecule has 2 aromatic heterocycles. The SMILES string of the molecule is CC(C)(O)[C@@H](Nc1cncc2ncnn12)c1ccc(C(F)(F)F)cc1. The number of rotatable bonds is 4. The van der Waals surface area contributed by atoms with Crippen LogP contribution in [0.15, 0.2) is 43.0 Å². The third kappa shape index (κ3) is 3.55. The highest BCUT2D eigenvalue weighted by atomic mass is 19.4. The normalized spacial score (nSPS) is 13.8. The average Bonchev–Trinajstić information content (AvgIpc) is 3.00. The van der Waals surface area contributed by atoms with E-state index in [0.29, 0.717) is 17.0 Å². The van der Waals surface area contributed by atoms with Crippen molar-refractivity contribution in [1.29, 1.82) is 0 Å². The lowest BCUT2D eigenvalue weighted by atomic mass is 9.91. The van der Waals surface area contributed by atoms with Gasteiger partial charge in [0.2, 0.25) is 0 Å². The largest absolute Gasteiger partial charge is 0.416 e. The van der Waals surface area contributed by atoms with Crippen LogP contribution in [0.1, 0.15) is 31.0 Å². The van der Waals surface area contributed by atoms with E-state index >= 15 is 0 Å². The number of aromatic nitrogens is 4. The van der Waals surface area contributed by atoms with Gasteiger partial charge in [0, 0.05) is 0 Å². The summed E-state index contributed by atoms with van der Waals surface area (Å²) in [6, 6.07) is 3.97. The Morgan fingerprint density at radius 3 is 2.40 bits per heavy atom. The first-order valence-electron chi connectivity index (χ1n) is 7.46. The molecule has 2 N–H and O–H groups in total. The number of halogens is 3. The van der Waals surface area contributed by atoms with E-state index in [0.717, 1.165) is 12.1 Å². The highest BCUT2D eigenvalue weighted by Crippen LogP contribution is 2.33. The van der Waals surface area contributed by atoms with Crippen LogP contribution in [0.2, 0.25) is 0 Å². The molecule has 0 bridgehead atoms. The van der Waals surface area contributed by atoms with Gasteiger partial charge in [0.25, 0.3) is 0 Å². The van der Waals surface area contributed by atoms with E-state index in [1.807, 2.05) is 0 Å². The van der Waals surface area contributed by atoms with E-state index in [1.165, 1.54) is 35.4 Å². The first-order chi connectivity index (χ1) is 11.7. The molecule has 0 spiro atoms. The maximum Gasteiger partial charge on any atom is 0.416 e. The second-order valence-electron chi connectivity index (χ2n) is 6.17. The molecule has 0 radical (unpaired) electrons. The molecule has 0 aliphatic carbocycles. The van der Waals surface area contributed by atoms with E-state index < -0.39 is 23.4 Å². The lowest BCUT2D eigenvalue weighted by molar-refractivity contribution is -0.137. The van der Waals surface area contributed by atoms with E-state index in [4.69, 9.17) is 0 Å². The molecule has 0 saturated carbocycles. The van der Waals surface area contributed by atoms with Gasteiger partial charge in [-0.2, -0.15) is 22.8 Å². The number of benzene rings is 1. The molecule has 0 amide bonds. The molecule has 132 valence electrons. The van der Waals surface area contributed by atoms with Crippen LogP contribution in [0.3, 0.4) is 0 Å². The molecule has 1 aromatic carbocycles. The Kier molecular flexibility index (Phi) is 4.11. The molecule has 25 heavy (non-hydrogen) atoms. The lowest BCUT2D eigenvalue weighted by Crippen LogP contribution is -2.35. The number of alkyl halides is 3. The van der Waals surface area contributed by atoms with Crippen molar-refractivity contribution in [3.63, 3.8) is 0 Å². The molecule has 2 heterocycles. The van der Waals surface area contributed by atoms with Crippen LogP contribution in [0.25, 0.3) is 5.65 Å². The predicted molar refractivity (Wildman–Crippen MR) is 84.9 cm³/mol.